The van der Waals surface area contributed by atoms with Crippen LogP contribution in [-0.2, 0) is 9.59 Å². The SMILES string of the molecule is O=C(O)CC(=O)O.[KH].[Li][CH2]C(CCCCCCCCC)C(C)C. The van der Waals surface area contributed by atoms with E-state index in [1.54, 1.807) is 0 Å². The van der Waals surface area contributed by atoms with Gasteiger partial charge in [-0.1, -0.05) is 0 Å². The van der Waals surface area contributed by atoms with Crippen molar-refractivity contribution in [3.05, 3.63) is 0 Å². The predicted molar refractivity (Wildman–Crippen MR) is 98.5 cm³/mol. The number of carbonyl (C=O) groups is 2. The molecule has 23 heavy (non-hydrogen) atoms. The van der Waals surface area contributed by atoms with E-state index in [1.165, 1.54) is 56.5 Å². The van der Waals surface area contributed by atoms with Gasteiger partial charge in [-0.2, -0.15) is 0 Å². The molecule has 0 aliphatic rings. The number of unbranched alkanes of at least 4 members (excludes halogenated alkanes) is 6. The van der Waals surface area contributed by atoms with E-state index in [1.807, 2.05) is 0 Å². The van der Waals surface area contributed by atoms with E-state index >= 15 is 0 Å². The first kappa shape index (κ1) is 29.0. The molecule has 0 aromatic carbocycles. The summed E-state index contributed by atoms with van der Waals surface area (Å²) < 4.78 is 0. The molecule has 0 fully saturated rings. The van der Waals surface area contributed by atoms with E-state index in [9.17, 15) is 9.59 Å². The van der Waals surface area contributed by atoms with Crippen molar-refractivity contribution in [3.8, 4) is 0 Å². The molecule has 0 aliphatic carbocycles. The van der Waals surface area contributed by atoms with E-state index in [2.05, 4.69) is 38.5 Å². The second kappa shape index (κ2) is 21.2. The van der Waals surface area contributed by atoms with Gasteiger partial charge in [-0.3, -0.25) is 9.59 Å². The fraction of sp³-hybridized carbons (Fsp3) is 0.882. The van der Waals surface area contributed by atoms with Crippen LogP contribution < -0.4 is 0 Å². The summed E-state index contributed by atoms with van der Waals surface area (Å²) in [4.78, 5) is 18.9. The van der Waals surface area contributed by atoms with E-state index < -0.39 is 18.4 Å². The fourth-order valence-electron chi connectivity index (χ4n) is 2.50. The second-order valence-electron chi connectivity index (χ2n) is 6.29. The summed E-state index contributed by atoms with van der Waals surface area (Å²) in [6.45, 7) is 7.03. The third-order valence-corrected chi connectivity index (χ3v) is 3.95. The zero-order valence-corrected chi connectivity index (χ0v) is 14.9. The van der Waals surface area contributed by atoms with Gasteiger partial charge >= 0.3 is 170 Å². The Morgan fingerprint density at radius 2 is 1.35 bits per heavy atom. The van der Waals surface area contributed by atoms with Gasteiger partial charge in [0.05, 0.1) is 0 Å². The molecule has 128 valence electrons. The first-order valence-corrected chi connectivity index (χ1v) is 8.78. The summed E-state index contributed by atoms with van der Waals surface area (Å²) in [7, 11) is 0. The number of hydrogen-bond acceptors (Lipinski definition) is 2. The maximum absolute atomic E-state index is 9.43. The normalized spacial score (nSPS) is 11.2. The van der Waals surface area contributed by atoms with Crippen LogP contribution in [0.1, 0.15) is 78.6 Å². The molecule has 0 saturated heterocycles. The van der Waals surface area contributed by atoms with Crippen molar-refractivity contribution in [3.63, 3.8) is 0 Å². The summed E-state index contributed by atoms with van der Waals surface area (Å²) in [5.74, 6) is -0.768. The Labute approximate surface area is 194 Å². The van der Waals surface area contributed by atoms with Crippen molar-refractivity contribution < 1.29 is 19.8 Å². The minimum absolute atomic E-state index is 0. The molecule has 0 radical (unpaired) electrons. The molecule has 0 aromatic rings. The summed E-state index contributed by atoms with van der Waals surface area (Å²) >= 11 is 2.34. The third-order valence-electron chi connectivity index (χ3n) is 3.95. The fourth-order valence-corrected chi connectivity index (χ4v) is 2.50. The first-order chi connectivity index (χ1) is 10.3. The van der Waals surface area contributed by atoms with Crippen molar-refractivity contribution in [1.29, 1.82) is 0 Å². The molecular formula is C17H34KLiO4. The van der Waals surface area contributed by atoms with Crippen LogP contribution in [-0.4, -0.2) is 91.3 Å². The number of hydrogen-bond donors (Lipinski definition) is 2. The molecule has 0 bridgehead atoms. The van der Waals surface area contributed by atoms with Gasteiger partial charge in [0.25, 0.3) is 0 Å². The molecule has 0 amide bonds. The maximum atomic E-state index is 9.43. The summed E-state index contributed by atoms with van der Waals surface area (Å²) in [5.41, 5.74) is 0. The van der Waals surface area contributed by atoms with Crippen LogP contribution in [0.2, 0.25) is 5.09 Å². The zero-order chi connectivity index (χ0) is 17.4. The molecular weight excluding hydrogens is 314 g/mol. The molecule has 0 saturated carbocycles. The van der Waals surface area contributed by atoms with Crippen LogP contribution in [0.15, 0.2) is 0 Å². The molecule has 4 nitrogen and oxygen atoms in total. The van der Waals surface area contributed by atoms with E-state index in [0.717, 1.165) is 11.8 Å². The molecule has 0 aromatic heterocycles. The van der Waals surface area contributed by atoms with Crippen LogP contribution in [0.25, 0.3) is 0 Å². The Morgan fingerprint density at radius 3 is 1.65 bits per heavy atom. The quantitative estimate of drug-likeness (QED) is 0.319. The zero-order valence-electron chi connectivity index (χ0n) is 14.9. The van der Waals surface area contributed by atoms with Crippen molar-refractivity contribution in [2.75, 3.05) is 0 Å². The summed E-state index contributed by atoms with van der Waals surface area (Å²) in [5, 5.41) is 16.8. The van der Waals surface area contributed by atoms with Gasteiger partial charge < -0.3 is 10.2 Å². The van der Waals surface area contributed by atoms with E-state index in [0.29, 0.717) is 0 Å². The minimum atomic E-state index is -1.31. The van der Waals surface area contributed by atoms with Crippen LogP contribution in [0.4, 0.5) is 0 Å². The van der Waals surface area contributed by atoms with Gasteiger partial charge in [0.1, 0.15) is 6.42 Å². The van der Waals surface area contributed by atoms with Gasteiger partial charge in [0.15, 0.2) is 0 Å². The first-order valence-electron chi connectivity index (χ1n) is 8.78. The van der Waals surface area contributed by atoms with E-state index in [-0.39, 0.29) is 51.4 Å². The second-order valence-corrected chi connectivity index (χ2v) is 6.29. The molecule has 0 rings (SSSR count). The topological polar surface area (TPSA) is 74.6 Å². The Balaban J connectivity index is -0.000000425. The summed E-state index contributed by atoms with van der Waals surface area (Å²) in [6, 6.07) is 0. The molecule has 1 atom stereocenters. The van der Waals surface area contributed by atoms with Crippen molar-refractivity contribution in [2.24, 2.45) is 11.8 Å². The molecule has 2 N–H and O–H groups in total. The van der Waals surface area contributed by atoms with Gasteiger partial charge in [-0.15, -0.1) is 0 Å². The summed E-state index contributed by atoms with van der Waals surface area (Å²) in [6.07, 6.45) is 10.8. The Hall–Kier alpha value is 1.17. The monoisotopic (exact) mass is 348 g/mol. The van der Waals surface area contributed by atoms with Gasteiger partial charge in [0, 0.05) is 0 Å². The Kier molecular flexibility index (Phi) is 26.7. The van der Waals surface area contributed by atoms with Crippen LogP contribution >= 0.6 is 0 Å². The number of carboxylic acid groups (broad SMARTS) is 2. The Morgan fingerprint density at radius 1 is 0.913 bits per heavy atom. The van der Waals surface area contributed by atoms with Gasteiger partial charge in [-0.05, 0) is 0 Å². The number of aliphatic carboxylic acids is 2. The molecule has 6 heteroatoms. The number of rotatable bonds is 12. The van der Waals surface area contributed by atoms with Gasteiger partial charge in [-0.25, -0.2) is 0 Å². The molecule has 0 aliphatic heterocycles. The van der Waals surface area contributed by atoms with Crippen LogP contribution in [0.3, 0.4) is 0 Å². The van der Waals surface area contributed by atoms with E-state index in [4.69, 9.17) is 10.2 Å². The standard InChI is InChI=1S/C14H29.C3H4O4.K.Li.H/c1-5-6-7-8-9-10-11-12-14(4)13(2)3;4-2(5)1-3(6)7;;;/h13-14H,4-12H2,1-3H3;1H2,(H,4,5)(H,6,7);;;. The van der Waals surface area contributed by atoms with Crippen molar-refractivity contribution >= 4 is 81.0 Å². The third kappa shape index (κ3) is 25.5. The van der Waals surface area contributed by atoms with Crippen LogP contribution in [0.5, 0.6) is 0 Å². The van der Waals surface area contributed by atoms with Crippen molar-refractivity contribution in [1.82, 2.24) is 0 Å². The average Bonchev–Trinajstić information content (AvgIpc) is 2.40. The molecule has 0 spiro atoms. The molecule has 1 unspecified atom stereocenters. The number of carboxylic acids is 2. The van der Waals surface area contributed by atoms with Gasteiger partial charge in [0.2, 0.25) is 0 Å². The van der Waals surface area contributed by atoms with Crippen LogP contribution in [0, 0.1) is 11.8 Å². The van der Waals surface area contributed by atoms with Crippen molar-refractivity contribution in [2.45, 2.75) is 83.7 Å². The average molecular weight is 348 g/mol. The Bertz CT molecular complexity index is 274. The predicted octanol–water partition coefficient (Wildman–Crippen LogP) is 3.88. The molecule has 0 heterocycles.